The highest BCUT2D eigenvalue weighted by Crippen LogP contribution is 2.36. The summed E-state index contributed by atoms with van der Waals surface area (Å²) in [5.41, 5.74) is 2.55. The van der Waals surface area contributed by atoms with Crippen molar-refractivity contribution >= 4 is 23.2 Å². The second-order valence-corrected chi connectivity index (χ2v) is 7.35. The predicted octanol–water partition coefficient (Wildman–Crippen LogP) is 4.98. The minimum Gasteiger partial charge on any atom is -0.396 e. The zero-order valence-electron chi connectivity index (χ0n) is 13.7. The smallest absolute Gasteiger partial charge is 0.0595 e. The Labute approximate surface area is 154 Å². The minimum absolute atomic E-state index is 0.254. The molecule has 1 aliphatic rings. The first-order chi connectivity index (χ1) is 11.7. The maximum Gasteiger partial charge on any atom is 0.0595 e. The third kappa shape index (κ3) is 4.31. The number of aliphatic hydroxyl groups is 1. The number of aliphatic hydroxyl groups excluding tert-OH is 1. The van der Waals surface area contributed by atoms with Gasteiger partial charge in [0, 0.05) is 19.2 Å². The molecule has 0 aromatic heterocycles. The van der Waals surface area contributed by atoms with E-state index < -0.39 is 0 Å². The lowest BCUT2D eigenvalue weighted by Crippen LogP contribution is -2.39. The predicted molar refractivity (Wildman–Crippen MR) is 101 cm³/mol. The molecule has 1 aliphatic heterocycles. The van der Waals surface area contributed by atoms with Crippen LogP contribution in [0.5, 0.6) is 0 Å². The number of hydrogen-bond donors (Lipinski definition) is 1. The SMILES string of the molecule is OCC1CCN(CCc2ccccc2)C(c2ccc(Cl)c(Cl)c2)C1. The standard InChI is InChI=1S/C20H23Cl2NO/c21-18-7-6-17(13-19(18)22)20-12-16(14-24)9-11-23(20)10-8-15-4-2-1-3-5-15/h1-7,13,16,20,24H,8-12,14H2. The fraction of sp³-hybridized carbons (Fsp3) is 0.400. The van der Waals surface area contributed by atoms with Gasteiger partial charge in [-0.3, -0.25) is 4.90 Å². The molecule has 2 nitrogen and oxygen atoms in total. The molecular weight excluding hydrogens is 341 g/mol. The average molecular weight is 364 g/mol. The first-order valence-electron chi connectivity index (χ1n) is 8.51. The van der Waals surface area contributed by atoms with E-state index in [1.54, 1.807) is 0 Å². The van der Waals surface area contributed by atoms with E-state index in [4.69, 9.17) is 23.2 Å². The number of benzene rings is 2. The highest BCUT2D eigenvalue weighted by atomic mass is 35.5. The molecule has 4 heteroatoms. The number of rotatable bonds is 5. The lowest BCUT2D eigenvalue weighted by atomic mass is 9.87. The molecular formula is C20H23Cl2NO. The van der Waals surface area contributed by atoms with Crippen LogP contribution in [-0.4, -0.2) is 29.7 Å². The van der Waals surface area contributed by atoms with Gasteiger partial charge in [-0.2, -0.15) is 0 Å². The van der Waals surface area contributed by atoms with Gasteiger partial charge in [0.05, 0.1) is 10.0 Å². The summed E-state index contributed by atoms with van der Waals surface area (Å²) in [7, 11) is 0. The first-order valence-corrected chi connectivity index (χ1v) is 9.26. The summed E-state index contributed by atoms with van der Waals surface area (Å²) < 4.78 is 0. The summed E-state index contributed by atoms with van der Waals surface area (Å²) in [6.45, 7) is 2.26. The van der Waals surface area contributed by atoms with Gasteiger partial charge in [0.15, 0.2) is 0 Å². The molecule has 0 saturated carbocycles. The number of halogens is 2. The fourth-order valence-electron chi connectivity index (χ4n) is 3.50. The molecule has 1 saturated heterocycles. The second-order valence-electron chi connectivity index (χ2n) is 6.53. The van der Waals surface area contributed by atoms with Gasteiger partial charge >= 0.3 is 0 Å². The second kappa shape index (κ2) is 8.35. The highest BCUT2D eigenvalue weighted by Gasteiger charge is 2.29. The van der Waals surface area contributed by atoms with Crippen molar-refractivity contribution in [3.63, 3.8) is 0 Å². The Morgan fingerprint density at radius 3 is 2.54 bits per heavy atom. The summed E-state index contributed by atoms with van der Waals surface area (Å²) in [6.07, 6.45) is 3.04. The van der Waals surface area contributed by atoms with E-state index in [0.717, 1.165) is 32.4 Å². The van der Waals surface area contributed by atoms with Crippen LogP contribution in [0.3, 0.4) is 0 Å². The molecule has 2 atom stereocenters. The van der Waals surface area contributed by atoms with Crippen molar-refractivity contribution in [1.29, 1.82) is 0 Å². The zero-order chi connectivity index (χ0) is 16.9. The Hall–Kier alpha value is -1.06. The van der Waals surface area contributed by atoms with Gasteiger partial charge in [-0.1, -0.05) is 59.6 Å². The molecule has 1 heterocycles. The van der Waals surface area contributed by atoms with Crippen LogP contribution in [0.1, 0.15) is 30.0 Å². The summed E-state index contributed by atoms with van der Waals surface area (Å²) >= 11 is 12.3. The quantitative estimate of drug-likeness (QED) is 0.809. The first kappa shape index (κ1) is 17.8. The van der Waals surface area contributed by atoms with E-state index in [-0.39, 0.29) is 12.6 Å². The number of hydrogen-bond acceptors (Lipinski definition) is 2. The van der Waals surface area contributed by atoms with Crippen molar-refractivity contribution in [1.82, 2.24) is 4.90 Å². The number of piperidine rings is 1. The van der Waals surface area contributed by atoms with Crippen LogP contribution in [0.2, 0.25) is 10.0 Å². The van der Waals surface area contributed by atoms with Crippen molar-refractivity contribution in [3.8, 4) is 0 Å². The Morgan fingerprint density at radius 1 is 1.04 bits per heavy atom. The molecule has 0 amide bonds. The van der Waals surface area contributed by atoms with Crippen molar-refractivity contribution in [2.24, 2.45) is 5.92 Å². The topological polar surface area (TPSA) is 23.5 Å². The van der Waals surface area contributed by atoms with E-state index in [1.165, 1.54) is 11.1 Å². The lowest BCUT2D eigenvalue weighted by Gasteiger charge is -2.39. The van der Waals surface area contributed by atoms with Crippen molar-refractivity contribution in [2.45, 2.75) is 25.3 Å². The van der Waals surface area contributed by atoms with Crippen molar-refractivity contribution in [3.05, 3.63) is 69.7 Å². The molecule has 3 rings (SSSR count). The molecule has 0 spiro atoms. The van der Waals surface area contributed by atoms with Crippen molar-refractivity contribution < 1.29 is 5.11 Å². The molecule has 128 valence electrons. The van der Waals surface area contributed by atoms with Crippen LogP contribution in [0.15, 0.2) is 48.5 Å². The van der Waals surface area contributed by atoms with Gasteiger partial charge in [-0.15, -0.1) is 0 Å². The molecule has 2 unspecified atom stereocenters. The Morgan fingerprint density at radius 2 is 1.83 bits per heavy atom. The van der Waals surface area contributed by atoms with Crippen LogP contribution >= 0.6 is 23.2 Å². The molecule has 1 N–H and O–H groups in total. The van der Waals surface area contributed by atoms with Crippen LogP contribution < -0.4 is 0 Å². The monoisotopic (exact) mass is 363 g/mol. The molecule has 0 aliphatic carbocycles. The third-order valence-electron chi connectivity index (χ3n) is 4.94. The zero-order valence-corrected chi connectivity index (χ0v) is 15.2. The Kier molecular flexibility index (Phi) is 6.18. The normalized spacial score (nSPS) is 21.8. The molecule has 0 bridgehead atoms. The van der Waals surface area contributed by atoms with Crippen molar-refractivity contribution in [2.75, 3.05) is 19.7 Å². The molecule has 2 aromatic carbocycles. The molecule has 24 heavy (non-hydrogen) atoms. The van der Waals surface area contributed by atoms with Gasteiger partial charge < -0.3 is 5.11 Å². The van der Waals surface area contributed by atoms with Gasteiger partial charge in [0.25, 0.3) is 0 Å². The third-order valence-corrected chi connectivity index (χ3v) is 5.68. The summed E-state index contributed by atoms with van der Waals surface area (Å²) in [5.74, 6) is 0.359. The van der Waals surface area contributed by atoms with Gasteiger partial charge in [-0.25, -0.2) is 0 Å². The largest absolute Gasteiger partial charge is 0.396 e. The maximum absolute atomic E-state index is 9.58. The lowest BCUT2D eigenvalue weighted by molar-refractivity contribution is 0.0813. The van der Waals surface area contributed by atoms with Crippen LogP contribution in [0, 0.1) is 5.92 Å². The van der Waals surface area contributed by atoms with Gasteiger partial charge in [-0.05, 0) is 55.0 Å². The summed E-state index contributed by atoms with van der Waals surface area (Å²) in [5, 5.41) is 10.8. The Bertz CT molecular complexity index is 662. The molecule has 2 aromatic rings. The summed E-state index contributed by atoms with van der Waals surface area (Å²) in [4.78, 5) is 2.51. The Balaban J connectivity index is 1.76. The van der Waals surface area contributed by atoms with E-state index in [1.807, 2.05) is 12.1 Å². The minimum atomic E-state index is 0.254. The summed E-state index contributed by atoms with van der Waals surface area (Å²) in [6, 6.07) is 16.8. The van der Waals surface area contributed by atoms with Crippen LogP contribution in [0.4, 0.5) is 0 Å². The highest BCUT2D eigenvalue weighted by molar-refractivity contribution is 6.42. The van der Waals surface area contributed by atoms with Gasteiger partial charge in [0.2, 0.25) is 0 Å². The maximum atomic E-state index is 9.58. The fourth-order valence-corrected chi connectivity index (χ4v) is 3.81. The number of nitrogens with zero attached hydrogens (tertiary/aromatic N) is 1. The number of likely N-dealkylation sites (tertiary alicyclic amines) is 1. The van der Waals surface area contributed by atoms with E-state index in [9.17, 15) is 5.11 Å². The van der Waals surface area contributed by atoms with E-state index in [2.05, 4.69) is 41.3 Å². The molecule has 1 fully saturated rings. The van der Waals surface area contributed by atoms with Crippen LogP contribution in [-0.2, 0) is 6.42 Å². The van der Waals surface area contributed by atoms with E-state index in [0.29, 0.717) is 16.0 Å². The van der Waals surface area contributed by atoms with Gasteiger partial charge in [0.1, 0.15) is 0 Å². The average Bonchev–Trinajstić information content (AvgIpc) is 2.63. The van der Waals surface area contributed by atoms with E-state index >= 15 is 0 Å². The van der Waals surface area contributed by atoms with Crippen LogP contribution in [0.25, 0.3) is 0 Å². The molecule has 0 radical (unpaired) electrons.